The normalized spacial score (nSPS) is 21.5. The molecule has 4 aromatic carbocycles. The van der Waals surface area contributed by atoms with Gasteiger partial charge >= 0.3 is 14.7 Å². The summed E-state index contributed by atoms with van der Waals surface area (Å²) in [5, 5.41) is 1.20. The Balaban J connectivity index is 1.50. The quantitative estimate of drug-likeness (QED) is 0.227. The van der Waals surface area contributed by atoms with E-state index >= 15 is 0 Å². The van der Waals surface area contributed by atoms with Crippen LogP contribution in [0.2, 0.25) is 0 Å². The van der Waals surface area contributed by atoms with E-state index in [1.165, 1.54) is 0 Å². The van der Waals surface area contributed by atoms with Crippen molar-refractivity contribution in [2.24, 2.45) is 0 Å². The maximum Gasteiger partial charge on any atom is 0.307 e. The summed E-state index contributed by atoms with van der Waals surface area (Å²) in [6.45, 7) is 8.26. The highest BCUT2D eigenvalue weighted by molar-refractivity contribution is 7.77. The fourth-order valence-electron chi connectivity index (χ4n) is 4.57. The van der Waals surface area contributed by atoms with E-state index < -0.39 is 14.7 Å². The van der Waals surface area contributed by atoms with Gasteiger partial charge in [-0.15, -0.1) is 0 Å². The zero-order valence-electron chi connectivity index (χ0n) is 18.2. The molecule has 34 heavy (non-hydrogen) atoms. The molecule has 2 atom stereocenters. The molecule has 6 rings (SSSR count). The van der Waals surface area contributed by atoms with Gasteiger partial charge in [0.05, 0.1) is 21.2 Å². The van der Waals surface area contributed by atoms with Crippen molar-refractivity contribution < 1.29 is 18.2 Å². The molecule has 6 heteroatoms. The zero-order valence-corrected chi connectivity index (χ0v) is 20.0. The van der Waals surface area contributed by atoms with Gasteiger partial charge in [0.1, 0.15) is 11.5 Å². The van der Waals surface area contributed by atoms with Gasteiger partial charge in [0.2, 0.25) is 0 Å². The van der Waals surface area contributed by atoms with Gasteiger partial charge in [0, 0.05) is 11.1 Å². The van der Waals surface area contributed by atoms with Crippen molar-refractivity contribution in [3.63, 3.8) is 0 Å². The Hall–Kier alpha value is -3.58. The number of fused-ring (bicyclic) bond motifs is 6. The van der Waals surface area contributed by atoms with Crippen molar-refractivity contribution in [3.8, 4) is 33.8 Å². The van der Waals surface area contributed by atoms with Crippen LogP contribution in [0.4, 0.5) is 0 Å². The van der Waals surface area contributed by atoms with Gasteiger partial charge in [-0.25, -0.2) is 0 Å². The minimum absolute atomic E-state index is 0.0898. The second kappa shape index (κ2) is 7.46. The highest BCUT2D eigenvalue weighted by Gasteiger charge is 2.47. The second-order valence-electron chi connectivity index (χ2n) is 8.21. The van der Waals surface area contributed by atoms with E-state index in [4.69, 9.17) is 9.05 Å². The summed E-state index contributed by atoms with van der Waals surface area (Å²) in [7, 11) is -7.47. The first-order valence-corrected chi connectivity index (χ1v) is 14.0. The van der Waals surface area contributed by atoms with Crippen molar-refractivity contribution in [1.29, 1.82) is 0 Å². The molecular weight excluding hydrogens is 462 g/mol. The van der Waals surface area contributed by atoms with Crippen LogP contribution in [-0.2, 0) is 9.13 Å². The third-order valence-electron chi connectivity index (χ3n) is 6.29. The van der Waals surface area contributed by atoms with Crippen LogP contribution in [0, 0.1) is 0 Å². The van der Waals surface area contributed by atoms with E-state index in [1.54, 1.807) is 24.3 Å². The zero-order chi connectivity index (χ0) is 23.5. The number of para-hydroxylation sites is 2. The van der Waals surface area contributed by atoms with Crippen LogP contribution in [0.5, 0.6) is 11.5 Å². The van der Waals surface area contributed by atoms with Crippen molar-refractivity contribution in [2.75, 3.05) is 0 Å². The number of rotatable bonds is 3. The molecule has 0 radical (unpaired) electrons. The van der Waals surface area contributed by atoms with Gasteiger partial charge in [-0.3, -0.25) is 9.13 Å². The van der Waals surface area contributed by atoms with E-state index in [-0.39, 0.29) is 10.6 Å². The Bertz CT molecular complexity index is 1500. The smallest absolute Gasteiger partial charge is 0.307 e. The SMILES string of the molecule is C=C(C(=C)P1(=O)Oc2ccccc2-c2ccccc21)P1(=O)Oc2ccccc2-c2ccccc21. The molecule has 2 aliphatic heterocycles. The minimum atomic E-state index is -3.73. The molecule has 0 fully saturated rings. The van der Waals surface area contributed by atoms with E-state index in [0.717, 1.165) is 22.3 Å². The monoisotopic (exact) mass is 482 g/mol. The molecule has 0 saturated carbocycles. The predicted octanol–water partition coefficient (Wildman–Crippen LogP) is 7.34. The molecule has 0 saturated heterocycles. The summed E-state index contributed by atoms with van der Waals surface area (Å²) in [6, 6.07) is 29.6. The molecule has 0 bridgehead atoms. The fraction of sp³-hybridized carbons (Fsp3) is 0. The van der Waals surface area contributed by atoms with Crippen molar-refractivity contribution in [2.45, 2.75) is 0 Å². The lowest BCUT2D eigenvalue weighted by atomic mass is 10.0. The van der Waals surface area contributed by atoms with Crippen LogP contribution in [0.15, 0.2) is 121 Å². The average Bonchev–Trinajstić information content (AvgIpc) is 2.88. The van der Waals surface area contributed by atoms with E-state index in [9.17, 15) is 9.13 Å². The van der Waals surface area contributed by atoms with Crippen LogP contribution in [0.25, 0.3) is 22.3 Å². The molecule has 2 aliphatic rings. The van der Waals surface area contributed by atoms with Crippen molar-refractivity contribution in [1.82, 2.24) is 0 Å². The summed E-state index contributed by atoms with van der Waals surface area (Å²) in [6.07, 6.45) is 0. The molecule has 2 heterocycles. The topological polar surface area (TPSA) is 52.6 Å². The molecular formula is C28H20O4P2. The Morgan fingerprint density at radius 3 is 1.24 bits per heavy atom. The van der Waals surface area contributed by atoms with Crippen molar-refractivity contribution in [3.05, 3.63) is 121 Å². The molecule has 2 unspecified atom stereocenters. The molecule has 4 nitrogen and oxygen atoms in total. The van der Waals surface area contributed by atoms with Gasteiger partial charge in [-0.2, -0.15) is 0 Å². The standard InChI is InChI=1S/C28H20O4P2/c1-19(33(29)27-17-9-5-13-23(27)21-11-3-7-15-25(21)31-33)20(2)34(30)28-18-10-6-14-24(28)22-12-4-8-16-26(22)32-34/h3-18H,1-2H2. The summed E-state index contributed by atoms with van der Waals surface area (Å²) in [5.74, 6) is 0.985. The van der Waals surface area contributed by atoms with Crippen LogP contribution >= 0.6 is 14.7 Å². The maximum absolute atomic E-state index is 14.5. The lowest BCUT2D eigenvalue weighted by Gasteiger charge is -2.34. The maximum atomic E-state index is 14.5. The van der Waals surface area contributed by atoms with Crippen LogP contribution in [0.1, 0.15) is 0 Å². The predicted molar refractivity (Wildman–Crippen MR) is 138 cm³/mol. The Kier molecular flexibility index (Phi) is 4.61. The summed E-state index contributed by atoms with van der Waals surface area (Å²) in [4.78, 5) is 0. The molecule has 0 spiro atoms. The molecule has 0 aromatic heterocycles. The highest BCUT2D eigenvalue weighted by atomic mass is 31.2. The molecule has 0 amide bonds. The van der Waals surface area contributed by atoms with Crippen LogP contribution in [-0.4, -0.2) is 0 Å². The first-order chi connectivity index (χ1) is 16.4. The lowest BCUT2D eigenvalue weighted by Crippen LogP contribution is -2.22. The third kappa shape index (κ3) is 2.86. The Morgan fingerprint density at radius 2 is 0.824 bits per heavy atom. The third-order valence-corrected chi connectivity index (χ3v) is 11.4. The Labute approximate surface area is 198 Å². The lowest BCUT2D eigenvalue weighted by molar-refractivity contribution is 0.492. The van der Waals surface area contributed by atoms with Gasteiger partial charge < -0.3 is 9.05 Å². The molecule has 0 aliphatic carbocycles. The first kappa shape index (κ1) is 21.0. The van der Waals surface area contributed by atoms with E-state index in [2.05, 4.69) is 13.2 Å². The summed E-state index contributed by atoms with van der Waals surface area (Å²) < 4.78 is 41.4. The number of hydrogen-bond acceptors (Lipinski definition) is 4. The first-order valence-electron chi connectivity index (χ1n) is 10.8. The van der Waals surface area contributed by atoms with E-state index in [0.29, 0.717) is 22.1 Å². The van der Waals surface area contributed by atoms with Crippen LogP contribution < -0.4 is 19.7 Å². The summed E-state index contributed by atoms with van der Waals surface area (Å²) >= 11 is 0. The van der Waals surface area contributed by atoms with Gasteiger partial charge in [0.15, 0.2) is 0 Å². The Morgan fingerprint density at radius 1 is 0.500 bits per heavy atom. The largest absolute Gasteiger partial charge is 0.436 e. The molecule has 0 N–H and O–H groups in total. The van der Waals surface area contributed by atoms with E-state index in [1.807, 2.05) is 72.8 Å². The van der Waals surface area contributed by atoms with Crippen molar-refractivity contribution >= 4 is 25.3 Å². The van der Waals surface area contributed by atoms with Crippen LogP contribution in [0.3, 0.4) is 0 Å². The summed E-state index contributed by atoms with van der Waals surface area (Å²) in [5.41, 5.74) is 3.30. The second-order valence-corrected chi connectivity index (χ2v) is 12.8. The van der Waals surface area contributed by atoms with Gasteiger partial charge in [-0.1, -0.05) is 86.0 Å². The van der Waals surface area contributed by atoms with Gasteiger partial charge in [-0.05, 0) is 35.4 Å². The highest BCUT2D eigenvalue weighted by Crippen LogP contribution is 2.69. The number of benzene rings is 4. The average molecular weight is 482 g/mol. The number of hydrogen-bond donors (Lipinski definition) is 0. The minimum Gasteiger partial charge on any atom is -0.436 e. The fourth-order valence-corrected chi connectivity index (χ4v) is 9.50. The number of allylic oxidation sites excluding steroid dienone is 2. The molecule has 166 valence electrons. The van der Waals surface area contributed by atoms with Gasteiger partial charge in [0.25, 0.3) is 0 Å². The molecule has 4 aromatic rings.